The Morgan fingerprint density at radius 1 is 1.24 bits per heavy atom. The van der Waals surface area contributed by atoms with Gasteiger partial charge in [0.1, 0.15) is 24.5 Å². The molecule has 7 heteroatoms. The van der Waals surface area contributed by atoms with Crippen molar-refractivity contribution in [3.05, 3.63) is 11.9 Å². The van der Waals surface area contributed by atoms with Crippen molar-refractivity contribution in [3.63, 3.8) is 0 Å². The van der Waals surface area contributed by atoms with Crippen LogP contribution in [0.1, 0.15) is 45.6 Å². The maximum atomic E-state index is 12.7. The number of nitrogens with one attached hydrogen (secondary N) is 1. The number of aromatic nitrogens is 2. The largest absolute Gasteiger partial charge is 0.405 e. The number of rotatable bonds is 7. The highest BCUT2D eigenvalue weighted by molar-refractivity contribution is 5.60. The predicted octanol–water partition coefficient (Wildman–Crippen LogP) is 3.81. The minimum atomic E-state index is -4.26. The van der Waals surface area contributed by atoms with Crippen molar-refractivity contribution in [2.75, 3.05) is 29.9 Å². The molecular formula is C14H23F3N4. The normalized spacial score (nSPS) is 11.8. The third kappa shape index (κ3) is 5.06. The van der Waals surface area contributed by atoms with E-state index in [0.29, 0.717) is 11.6 Å². The van der Waals surface area contributed by atoms with E-state index < -0.39 is 12.7 Å². The Kier molecular flexibility index (Phi) is 6.23. The Morgan fingerprint density at radius 2 is 1.90 bits per heavy atom. The molecule has 0 aromatic carbocycles. The fraction of sp³-hybridized carbons (Fsp3) is 0.714. The Labute approximate surface area is 123 Å². The van der Waals surface area contributed by atoms with Crippen LogP contribution in [0.15, 0.2) is 6.33 Å². The first-order valence-electron chi connectivity index (χ1n) is 7.20. The third-order valence-electron chi connectivity index (χ3n) is 3.03. The second-order valence-electron chi connectivity index (χ2n) is 5.17. The van der Waals surface area contributed by atoms with E-state index in [1.165, 1.54) is 11.2 Å². The lowest BCUT2D eigenvalue weighted by Crippen LogP contribution is -2.35. The van der Waals surface area contributed by atoms with E-state index in [-0.39, 0.29) is 12.5 Å². The van der Waals surface area contributed by atoms with Gasteiger partial charge in [-0.05, 0) is 19.3 Å². The molecule has 120 valence electrons. The van der Waals surface area contributed by atoms with Crippen molar-refractivity contribution in [2.24, 2.45) is 0 Å². The fourth-order valence-electron chi connectivity index (χ4n) is 2.11. The van der Waals surface area contributed by atoms with Gasteiger partial charge in [-0.15, -0.1) is 0 Å². The molecule has 4 nitrogen and oxygen atoms in total. The van der Waals surface area contributed by atoms with Gasteiger partial charge in [0.2, 0.25) is 0 Å². The minimum absolute atomic E-state index is 0.0304. The summed E-state index contributed by atoms with van der Waals surface area (Å²) in [6.07, 6.45) is -2.03. The van der Waals surface area contributed by atoms with Crippen LogP contribution in [0.5, 0.6) is 0 Å². The summed E-state index contributed by atoms with van der Waals surface area (Å²) in [5.41, 5.74) is 0.733. The molecule has 0 aliphatic carbocycles. The lowest BCUT2D eigenvalue weighted by Gasteiger charge is -2.27. The summed E-state index contributed by atoms with van der Waals surface area (Å²) in [6.45, 7) is 7.53. The van der Waals surface area contributed by atoms with Crippen molar-refractivity contribution in [2.45, 2.75) is 46.2 Å². The van der Waals surface area contributed by atoms with Gasteiger partial charge in [-0.1, -0.05) is 20.8 Å². The van der Waals surface area contributed by atoms with E-state index in [4.69, 9.17) is 0 Å². The first kappa shape index (κ1) is 17.5. The lowest BCUT2D eigenvalue weighted by atomic mass is 10.0. The number of alkyl halides is 3. The molecule has 0 fully saturated rings. The Bertz CT molecular complexity index is 446. The summed E-state index contributed by atoms with van der Waals surface area (Å²) >= 11 is 0. The average molecular weight is 304 g/mol. The van der Waals surface area contributed by atoms with Crippen LogP contribution < -0.4 is 10.2 Å². The lowest BCUT2D eigenvalue weighted by molar-refractivity contribution is -0.119. The predicted molar refractivity (Wildman–Crippen MR) is 78.8 cm³/mol. The zero-order valence-corrected chi connectivity index (χ0v) is 13.0. The number of hydrogen-bond donors (Lipinski definition) is 1. The summed E-state index contributed by atoms with van der Waals surface area (Å²) in [5, 5.41) is 3.17. The molecule has 1 heterocycles. The second kappa shape index (κ2) is 7.47. The third-order valence-corrected chi connectivity index (χ3v) is 3.03. The Balaban J connectivity index is 3.20. The molecule has 0 radical (unpaired) electrons. The van der Waals surface area contributed by atoms with Crippen LogP contribution in [0, 0.1) is 0 Å². The van der Waals surface area contributed by atoms with Gasteiger partial charge in [0, 0.05) is 18.7 Å². The highest BCUT2D eigenvalue weighted by Gasteiger charge is 2.32. The maximum absolute atomic E-state index is 12.7. The quantitative estimate of drug-likeness (QED) is 0.831. The van der Waals surface area contributed by atoms with Gasteiger partial charge in [-0.2, -0.15) is 13.2 Å². The molecule has 0 unspecified atom stereocenters. The SMILES string of the molecule is CCCNc1ncnc(N(CC)CC(F)(F)F)c1C(C)C. The number of nitrogens with zero attached hydrogens (tertiary/aromatic N) is 3. The number of halogens is 3. The van der Waals surface area contributed by atoms with E-state index >= 15 is 0 Å². The van der Waals surface area contributed by atoms with E-state index in [9.17, 15) is 13.2 Å². The molecule has 0 spiro atoms. The number of anilines is 2. The van der Waals surface area contributed by atoms with Crippen LogP contribution in [0.2, 0.25) is 0 Å². The highest BCUT2D eigenvalue weighted by Crippen LogP contribution is 2.32. The monoisotopic (exact) mass is 304 g/mol. The van der Waals surface area contributed by atoms with Gasteiger partial charge < -0.3 is 10.2 Å². The van der Waals surface area contributed by atoms with Gasteiger partial charge in [-0.25, -0.2) is 9.97 Å². The molecule has 0 saturated carbocycles. The molecule has 0 bridgehead atoms. The van der Waals surface area contributed by atoms with Gasteiger partial charge in [0.05, 0.1) is 0 Å². The number of hydrogen-bond acceptors (Lipinski definition) is 4. The summed E-state index contributed by atoms with van der Waals surface area (Å²) in [4.78, 5) is 9.52. The van der Waals surface area contributed by atoms with Crippen LogP contribution >= 0.6 is 0 Å². The molecule has 1 aromatic rings. The van der Waals surface area contributed by atoms with E-state index in [1.807, 2.05) is 20.8 Å². The van der Waals surface area contributed by atoms with Crippen molar-refractivity contribution in [1.29, 1.82) is 0 Å². The first-order chi connectivity index (χ1) is 9.80. The van der Waals surface area contributed by atoms with E-state index in [0.717, 1.165) is 18.5 Å². The molecule has 1 rings (SSSR count). The second-order valence-corrected chi connectivity index (χ2v) is 5.17. The first-order valence-corrected chi connectivity index (χ1v) is 7.20. The minimum Gasteiger partial charge on any atom is -0.370 e. The summed E-state index contributed by atoms with van der Waals surface area (Å²) < 4.78 is 38.1. The zero-order valence-electron chi connectivity index (χ0n) is 13.0. The fourth-order valence-corrected chi connectivity index (χ4v) is 2.11. The summed E-state index contributed by atoms with van der Waals surface area (Å²) in [5.74, 6) is 1.01. The van der Waals surface area contributed by atoms with Gasteiger partial charge in [0.25, 0.3) is 0 Å². The van der Waals surface area contributed by atoms with Crippen LogP contribution in [0.3, 0.4) is 0 Å². The Hall–Kier alpha value is -1.53. The molecule has 1 N–H and O–H groups in total. The van der Waals surface area contributed by atoms with Gasteiger partial charge in [0.15, 0.2) is 0 Å². The van der Waals surface area contributed by atoms with Crippen LogP contribution in [-0.4, -0.2) is 35.8 Å². The summed E-state index contributed by atoms with van der Waals surface area (Å²) in [6, 6.07) is 0. The van der Waals surface area contributed by atoms with Gasteiger partial charge in [-0.3, -0.25) is 0 Å². The molecule has 0 saturated heterocycles. The zero-order chi connectivity index (χ0) is 16.0. The smallest absolute Gasteiger partial charge is 0.370 e. The van der Waals surface area contributed by atoms with Crippen molar-refractivity contribution in [1.82, 2.24) is 9.97 Å². The summed E-state index contributed by atoms with van der Waals surface area (Å²) in [7, 11) is 0. The molecule has 0 aliphatic rings. The molecule has 0 aliphatic heterocycles. The maximum Gasteiger partial charge on any atom is 0.405 e. The molecule has 1 aromatic heterocycles. The molecular weight excluding hydrogens is 281 g/mol. The van der Waals surface area contributed by atoms with Crippen molar-refractivity contribution < 1.29 is 13.2 Å². The molecule has 0 atom stereocenters. The van der Waals surface area contributed by atoms with Crippen LogP contribution in [0.4, 0.5) is 24.8 Å². The topological polar surface area (TPSA) is 41.1 Å². The standard InChI is InChI=1S/C14H23F3N4/c1-5-7-18-12-11(10(3)4)13(20-9-19-12)21(6-2)8-14(15,16)17/h9-10H,5-8H2,1-4H3,(H,18,19,20). The van der Waals surface area contributed by atoms with Crippen molar-refractivity contribution >= 4 is 11.6 Å². The Morgan fingerprint density at radius 3 is 2.38 bits per heavy atom. The van der Waals surface area contributed by atoms with Crippen LogP contribution in [0.25, 0.3) is 0 Å². The molecule has 0 amide bonds. The van der Waals surface area contributed by atoms with Crippen molar-refractivity contribution in [3.8, 4) is 0 Å². The van der Waals surface area contributed by atoms with E-state index in [1.54, 1.807) is 6.92 Å². The highest BCUT2D eigenvalue weighted by atomic mass is 19.4. The van der Waals surface area contributed by atoms with E-state index in [2.05, 4.69) is 15.3 Å². The molecule has 21 heavy (non-hydrogen) atoms. The van der Waals surface area contributed by atoms with Crippen LogP contribution in [-0.2, 0) is 0 Å². The average Bonchev–Trinajstić information content (AvgIpc) is 2.40. The van der Waals surface area contributed by atoms with Gasteiger partial charge >= 0.3 is 6.18 Å².